The summed E-state index contributed by atoms with van der Waals surface area (Å²) in [5.41, 5.74) is 3.19. The van der Waals surface area contributed by atoms with Crippen LogP contribution in [0.3, 0.4) is 0 Å². The minimum Gasteiger partial charge on any atom is -0.384 e. The predicted molar refractivity (Wildman–Crippen MR) is 81.7 cm³/mol. The highest BCUT2D eigenvalue weighted by molar-refractivity contribution is 5.92. The van der Waals surface area contributed by atoms with Crippen molar-refractivity contribution in [2.45, 2.75) is 13.3 Å². The molecule has 0 saturated carbocycles. The smallest absolute Gasteiger partial charge is 0.230 e. The van der Waals surface area contributed by atoms with Crippen LogP contribution in [0.5, 0.6) is 0 Å². The summed E-state index contributed by atoms with van der Waals surface area (Å²) in [5, 5.41) is 11.5. The van der Waals surface area contributed by atoms with Crippen LogP contribution in [0, 0.1) is 18.8 Å². The lowest BCUT2D eigenvalue weighted by atomic mass is 10.1. The highest BCUT2D eigenvalue weighted by Crippen LogP contribution is 2.11. The third-order valence-electron chi connectivity index (χ3n) is 2.90. The van der Waals surface area contributed by atoms with Crippen LogP contribution in [0.1, 0.15) is 16.8 Å². The van der Waals surface area contributed by atoms with Crippen LogP contribution >= 0.6 is 0 Å². The standard InChI is InChI=1S/C17H16N2O2/c1-13-5-3-9-18-16(13)12-17(21)19-15-8-2-6-14(11-15)7-4-10-20/h2-3,5-6,8-9,11,20H,10,12H2,1H3,(H,19,21). The zero-order valence-electron chi connectivity index (χ0n) is 11.8. The number of anilines is 1. The molecular weight excluding hydrogens is 264 g/mol. The summed E-state index contributed by atoms with van der Waals surface area (Å²) in [6.45, 7) is 1.75. The SMILES string of the molecule is Cc1cccnc1CC(=O)Nc1cccc(C#CCO)c1. The minimum atomic E-state index is -0.185. The highest BCUT2D eigenvalue weighted by Gasteiger charge is 2.07. The summed E-state index contributed by atoms with van der Waals surface area (Å²) < 4.78 is 0. The van der Waals surface area contributed by atoms with E-state index in [-0.39, 0.29) is 18.9 Å². The van der Waals surface area contributed by atoms with Gasteiger partial charge in [0, 0.05) is 17.4 Å². The average Bonchev–Trinajstić information content (AvgIpc) is 2.48. The van der Waals surface area contributed by atoms with Crippen molar-refractivity contribution in [3.05, 3.63) is 59.4 Å². The molecule has 21 heavy (non-hydrogen) atoms. The van der Waals surface area contributed by atoms with Crippen LogP contribution in [0.4, 0.5) is 5.69 Å². The number of hydrogen-bond donors (Lipinski definition) is 2. The maximum absolute atomic E-state index is 12.0. The molecule has 2 N–H and O–H groups in total. The molecule has 0 atom stereocenters. The lowest BCUT2D eigenvalue weighted by Crippen LogP contribution is -2.15. The van der Waals surface area contributed by atoms with E-state index in [2.05, 4.69) is 22.1 Å². The summed E-state index contributed by atoms with van der Waals surface area (Å²) in [6.07, 6.45) is 1.92. The normalized spacial score (nSPS) is 9.62. The molecule has 0 aliphatic heterocycles. The van der Waals surface area contributed by atoms with Crippen LogP contribution < -0.4 is 5.32 Å². The van der Waals surface area contributed by atoms with Gasteiger partial charge >= 0.3 is 0 Å². The van der Waals surface area contributed by atoms with Crippen LogP contribution in [0.25, 0.3) is 0 Å². The van der Waals surface area contributed by atoms with Gasteiger partial charge in [-0.15, -0.1) is 0 Å². The van der Waals surface area contributed by atoms with Gasteiger partial charge in [0.15, 0.2) is 0 Å². The molecule has 0 fully saturated rings. The van der Waals surface area contributed by atoms with Crippen molar-refractivity contribution in [2.75, 3.05) is 11.9 Å². The molecule has 2 rings (SSSR count). The number of nitrogens with zero attached hydrogens (tertiary/aromatic N) is 1. The van der Waals surface area contributed by atoms with E-state index >= 15 is 0 Å². The topological polar surface area (TPSA) is 62.2 Å². The quantitative estimate of drug-likeness (QED) is 0.844. The number of hydrogen-bond acceptors (Lipinski definition) is 3. The monoisotopic (exact) mass is 280 g/mol. The maximum Gasteiger partial charge on any atom is 0.230 e. The van der Waals surface area contributed by atoms with E-state index < -0.39 is 0 Å². The highest BCUT2D eigenvalue weighted by atomic mass is 16.2. The number of amides is 1. The average molecular weight is 280 g/mol. The number of aliphatic hydroxyl groups is 1. The Morgan fingerprint density at radius 3 is 2.95 bits per heavy atom. The van der Waals surface area contributed by atoms with Crippen LogP contribution in [0.15, 0.2) is 42.6 Å². The Hall–Kier alpha value is -2.64. The van der Waals surface area contributed by atoms with Crippen molar-refractivity contribution in [3.8, 4) is 11.8 Å². The van der Waals surface area contributed by atoms with E-state index in [9.17, 15) is 4.79 Å². The number of aryl methyl sites for hydroxylation is 1. The predicted octanol–water partition coefficient (Wildman–Crippen LogP) is 1.92. The molecule has 4 heteroatoms. The molecule has 2 aromatic rings. The van der Waals surface area contributed by atoms with Crippen molar-refractivity contribution in [1.82, 2.24) is 4.98 Å². The van der Waals surface area contributed by atoms with Crippen molar-refractivity contribution in [2.24, 2.45) is 0 Å². The second-order valence-electron chi connectivity index (χ2n) is 4.53. The van der Waals surface area contributed by atoms with Gasteiger partial charge in [0.1, 0.15) is 6.61 Å². The number of benzene rings is 1. The van der Waals surface area contributed by atoms with E-state index in [4.69, 9.17) is 5.11 Å². The lowest BCUT2D eigenvalue weighted by molar-refractivity contribution is -0.115. The van der Waals surface area contributed by atoms with Gasteiger partial charge < -0.3 is 10.4 Å². The summed E-state index contributed by atoms with van der Waals surface area (Å²) in [6, 6.07) is 11.0. The molecule has 0 unspecified atom stereocenters. The van der Waals surface area contributed by atoms with Gasteiger partial charge in [0.05, 0.1) is 12.1 Å². The zero-order chi connectivity index (χ0) is 15.1. The molecular formula is C17H16N2O2. The first-order valence-electron chi connectivity index (χ1n) is 6.59. The maximum atomic E-state index is 12.0. The number of nitrogens with one attached hydrogen (secondary N) is 1. The summed E-state index contributed by atoms with van der Waals surface area (Å²) in [5.74, 6) is 5.26. The molecule has 1 amide bonds. The molecule has 0 radical (unpaired) electrons. The second kappa shape index (κ2) is 7.22. The Kier molecular flexibility index (Phi) is 5.08. The number of aliphatic hydroxyl groups excluding tert-OH is 1. The van der Waals surface area contributed by atoms with Gasteiger partial charge in [-0.1, -0.05) is 24.0 Å². The third-order valence-corrected chi connectivity index (χ3v) is 2.90. The Morgan fingerprint density at radius 2 is 2.19 bits per heavy atom. The van der Waals surface area contributed by atoms with Crippen molar-refractivity contribution >= 4 is 11.6 Å². The zero-order valence-corrected chi connectivity index (χ0v) is 11.8. The van der Waals surface area contributed by atoms with E-state index in [1.165, 1.54) is 0 Å². The minimum absolute atomic E-state index is 0.121. The van der Waals surface area contributed by atoms with Gasteiger partial charge in [0.25, 0.3) is 0 Å². The van der Waals surface area contributed by atoms with E-state index in [0.717, 1.165) is 16.8 Å². The molecule has 106 valence electrons. The fraction of sp³-hybridized carbons (Fsp3) is 0.176. The van der Waals surface area contributed by atoms with E-state index in [1.54, 1.807) is 18.3 Å². The lowest BCUT2D eigenvalue weighted by Gasteiger charge is -2.07. The molecule has 0 aliphatic rings. The Morgan fingerprint density at radius 1 is 1.33 bits per heavy atom. The molecule has 0 aliphatic carbocycles. The van der Waals surface area contributed by atoms with Gasteiger partial charge in [-0.25, -0.2) is 0 Å². The largest absolute Gasteiger partial charge is 0.384 e. The third kappa shape index (κ3) is 4.44. The van der Waals surface area contributed by atoms with Crippen molar-refractivity contribution in [3.63, 3.8) is 0 Å². The fourth-order valence-corrected chi connectivity index (χ4v) is 1.88. The van der Waals surface area contributed by atoms with Gasteiger partial charge in [-0.2, -0.15) is 0 Å². The molecule has 0 saturated heterocycles. The number of aromatic nitrogens is 1. The Bertz CT molecular complexity index is 699. The molecule has 0 spiro atoms. The van der Waals surface area contributed by atoms with Gasteiger partial charge in [-0.3, -0.25) is 9.78 Å². The van der Waals surface area contributed by atoms with Crippen LogP contribution in [-0.4, -0.2) is 22.6 Å². The molecule has 0 bridgehead atoms. The first-order chi connectivity index (χ1) is 10.2. The molecule has 1 aromatic carbocycles. The first kappa shape index (κ1) is 14.8. The van der Waals surface area contributed by atoms with Crippen LogP contribution in [-0.2, 0) is 11.2 Å². The Balaban J connectivity index is 2.04. The first-order valence-corrected chi connectivity index (χ1v) is 6.59. The Labute approximate surface area is 123 Å². The summed E-state index contributed by atoms with van der Waals surface area (Å²) in [4.78, 5) is 16.2. The number of rotatable bonds is 3. The number of carbonyl (C=O) groups excluding carboxylic acids is 1. The van der Waals surface area contributed by atoms with Gasteiger partial charge in [-0.05, 0) is 36.8 Å². The molecule has 1 aromatic heterocycles. The van der Waals surface area contributed by atoms with E-state index in [0.29, 0.717) is 5.69 Å². The van der Waals surface area contributed by atoms with E-state index in [1.807, 2.05) is 31.2 Å². The van der Waals surface area contributed by atoms with Crippen molar-refractivity contribution < 1.29 is 9.90 Å². The summed E-state index contributed by atoms with van der Waals surface area (Å²) >= 11 is 0. The van der Waals surface area contributed by atoms with Crippen molar-refractivity contribution in [1.29, 1.82) is 0 Å². The number of carbonyl (C=O) groups is 1. The molecule has 1 heterocycles. The van der Waals surface area contributed by atoms with Gasteiger partial charge in [0.2, 0.25) is 5.91 Å². The molecule has 4 nitrogen and oxygen atoms in total. The van der Waals surface area contributed by atoms with Crippen LogP contribution in [0.2, 0.25) is 0 Å². The fourth-order valence-electron chi connectivity index (χ4n) is 1.88. The number of pyridine rings is 1. The second-order valence-corrected chi connectivity index (χ2v) is 4.53. The summed E-state index contributed by atoms with van der Waals surface area (Å²) in [7, 11) is 0.